The molecule has 0 amide bonds. The largest absolute Gasteiger partial charge is 0.517 e. The first-order valence-electron chi connectivity index (χ1n) is 1.17. The maximum atomic E-state index is 7.69. The molecule has 0 aromatic rings. The Kier molecular flexibility index (Phi) is 2.35. The van der Waals surface area contributed by atoms with Gasteiger partial charge in [-0.1, -0.05) is 5.98 Å². The second-order valence-corrected chi connectivity index (χ2v) is 0.482. The van der Waals surface area contributed by atoms with Gasteiger partial charge in [0, 0.05) is 0 Å². The van der Waals surface area contributed by atoms with E-state index in [4.69, 9.17) is 5.11 Å². The van der Waals surface area contributed by atoms with Gasteiger partial charge in [0.25, 0.3) is 0 Å². The Labute approximate surface area is 26.4 Å². The molecule has 0 unspecified atom stereocenters. The van der Waals surface area contributed by atoms with E-state index in [0.717, 1.165) is 6.26 Å². The predicted octanol–water partition coefficient (Wildman–Crippen LogP) is -0.351. The van der Waals surface area contributed by atoms with Gasteiger partial charge in [-0.25, -0.2) is 0 Å². The monoisotopic (exact) mass is 56.0 g/mol. The lowest BCUT2D eigenvalue weighted by Gasteiger charge is -1.53. The van der Waals surface area contributed by atoms with E-state index in [1.165, 1.54) is 0 Å². The fraction of sp³-hybridized carbons (Fsp3) is 0. The third-order valence-corrected chi connectivity index (χ3v) is 0.149. The Morgan fingerprint density at radius 2 is 2.00 bits per heavy atom. The minimum atomic E-state index is 1.00. The third-order valence-electron chi connectivity index (χ3n) is 0.149. The van der Waals surface area contributed by atoms with Gasteiger partial charge >= 0.3 is 0 Å². The number of rotatable bonds is 0. The predicted molar refractivity (Wildman–Crippen MR) is 20.3 cm³/mol. The van der Waals surface area contributed by atoms with Crippen molar-refractivity contribution in [3.05, 3.63) is 12.2 Å². The molecule has 4 heavy (non-hydrogen) atoms. The maximum absolute atomic E-state index is 7.69. The summed E-state index contributed by atoms with van der Waals surface area (Å²) in [7, 11) is 1.75. The number of aliphatic hydroxyl groups excluding tert-OH is 1. The number of hydrogen-bond donors (Lipinski definition) is 1. The van der Waals surface area contributed by atoms with Crippen molar-refractivity contribution in [2.75, 3.05) is 0 Å². The van der Waals surface area contributed by atoms with Gasteiger partial charge in [-0.15, -0.1) is 0 Å². The molecule has 0 radical (unpaired) electrons. The summed E-state index contributed by atoms with van der Waals surface area (Å²) in [6, 6.07) is 0. The fourth-order valence-corrected chi connectivity index (χ4v) is 0. The molecular weight excluding hydrogens is 50.8 g/mol. The van der Waals surface area contributed by atoms with Crippen molar-refractivity contribution in [3.63, 3.8) is 0 Å². The van der Waals surface area contributed by atoms with E-state index in [0.29, 0.717) is 0 Å². The molecule has 0 aliphatic carbocycles. The molecule has 0 heterocycles. The topological polar surface area (TPSA) is 20.2 Å². The van der Waals surface area contributed by atoms with Gasteiger partial charge in [0.2, 0.25) is 0 Å². The Bertz CT molecular complexity index is 21.2. The zero-order valence-corrected chi connectivity index (χ0v) is 2.60. The van der Waals surface area contributed by atoms with Crippen LogP contribution in [0.2, 0.25) is 0 Å². The van der Waals surface area contributed by atoms with Crippen LogP contribution >= 0.6 is 0 Å². The van der Waals surface area contributed by atoms with Crippen LogP contribution in [-0.2, 0) is 0 Å². The van der Waals surface area contributed by atoms with Crippen molar-refractivity contribution in [2.45, 2.75) is 0 Å². The van der Waals surface area contributed by atoms with Crippen molar-refractivity contribution in [1.82, 2.24) is 0 Å². The van der Waals surface area contributed by atoms with Crippen LogP contribution < -0.4 is 0 Å². The minimum Gasteiger partial charge on any atom is -0.517 e. The first-order chi connectivity index (χ1) is 1.91. The molecule has 0 fully saturated rings. The van der Waals surface area contributed by atoms with Crippen LogP contribution in [0, 0.1) is 0 Å². The molecule has 0 rings (SSSR count). The maximum Gasteiger partial charge on any atom is 0.133 e. The summed E-state index contributed by atoms with van der Waals surface area (Å²) >= 11 is 0. The minimum absolute atomic E-state index is 1.00. The molecule has 0 saturated carbocycles. The Balaban J connectivity index is 2.55. The molecule has 0 aliphatic heterocycles. The molecular formula is C2H5BO. The highest BCUT2D eigenvalue weighted by Crippen LogP contribution is 1.43. The lowest BCUT2D eigenvalue weighted by Crippen LogP contribution is -1.45. The highest BCUT2D eigenvalue weighted by molar-refractivity contribution is 6.16. The first-order valence-corrected chi connectivity index (χ1v) is 1.17. The molecule has 0 bridgehead atoms. The van der Waals surface area contributed by atoms with E-state index >= 15 is 0 Å². The van der Waals surface area contributed by atoms with Crippen molar-refractivity contribution in [3.8, 4) is 0 Å². The lowest BCUT2D eigenvalue weighted by atomic mass is 10.2. The zero-order valence-electron chi connectivity index (χ0n) is 2.60. The Hall–Kier alpha value is -0.395. The van der Waals surface area contributed by atoms with Crippen LogP contribution in [0.5, 0.6) is 0 Å². The van der Waals surface area contributed by atoms with Gasteiger partial charge < -0.3 is 5.11 Å². The van der Waals surface area contributed by atoms with Gasteiger partial charge in [0.05, 0.1) is 6.26 Å². The van der Waals surface area contributed by atoms with E-state index in [1.54, 1.807) is 13.8 Å². The Morgan fingerprint density at radius 3 is 2.00 bits per heavy atom. The summed E-state index contributed by atoms with van der Waals surface area (Å²) in [6.45, 7) is 0. The van der Waals surface area contributed by atoms with Gasteiger partial charge in [-0.2, -0.15) is 0 Å². The van der Waals surface area contributed by atoms with Crippen LogP contribution in [0.15, 0.2) is 12.2 Å². The zero-order chi connectivity index (χ0) is 3.41. The standard InChI is InChI=1S/C2H5BO/c3-1-2-4/h1-2,4H,3H2/b2-1+. The van der Waals surface area contributed by atoms with Crippen molar-refractivity contribution >= 4 is 7.85 Å². The van der Waals surface area contributed by atoms with E-state index in [1.807, 2.05) is 0 Å². The summed E-state index contributed by atoms with van der Waals surface area (Å²) in [5, 5.41) is 7.69. The van der Waals surface area contributed by atoms with Gasteiger partial charge in [0.1, 0.15) is 7.85 Å². The van der Waals surface area contributed by atoms with Crippen LogP contribution in [0.3, 0.4) is 0 Å². The third kappa shape index (κ3) is 1.60. The van der Waals surface area contributed by atoms with Crippen molar-refractivity contribution < 1.29 is 5.11 Å². The number of aliphatic hydroxyl groups is 1. The molecule has 0 spiro atoms. The Morgan fingerprint density at radius 1 is 1.75 bits per heavy atom. The van der Waals surface area contributed by atoms with Gasteiger partial charge in [-0.3, -0.25) is 0 Å². The summed E-state index contributed by atoms with van der Waals surface area (Å²) in [4.78, 5) is 0. The molecule has 2 heteroatoms. The van der Waals surface area contributed by atoms with Crippen molar-refractivity contribution in [1.29, 1.82) is 0 Å². The highest BCUT2D eigenvalue weighted by Gasteiger charge is 1.37. The summed E-state index contributed by atoms with van der Waals surface area (Å²) in [5.74, 6) is 1.56. The van der Waals surface area contributed by atoms with Crippen LogP contribution in [0.1, 0.15) is 0 Å². The molecule has 0 atom stereocenters. The quantitative estimate of drug-likeness (QED) is 0.297. The molecule has 22 valence electrons. The molecule has 0 aliphatic rings. The van der Waals surface area contributed by atoms with E-state index in [2.05, 4.69) is 0 Å². The summed E-state index contributed by atoms with van der Waals surface area (Å²) in [6.07, 6.45) is 1.00. The number of hydrogen-bond acceptors (Lipinski definition) is 1. The van der Waals surface area contributed by atoms with Crippen molar-refractivity contribution in [2.24, 2.45) is 0 Å². The SMILES string of the molecule is B/C=C/O. The van der Waals surface area contributed by atoms with Crippen LogP contribution in [-0.4, -0.2) is 13.0 Å². The molecule has 1 nitrogen and oxygen atoms in total. The lowest BCUT2D eigenvalue weighted by molar-refractivity contribution is 0.475. The van der Waals surface area contributed by atoms with Gasteiger partial charge in [0.15, 0.2) is 0 Å². The normalized spacial score (nSPS) is 9.00. The summed E-state index contributed by atoms with van der Waals surface area (Å²) < 4.78 is 0. The smallest absolute Gasteiger partial charge is 0.133 e. The molecule has 0 aromatic heterocycles. The highest BCUT2D eigenvalue weighted by atomic mass is 16.2. The summed E-state index contributed by atoms with van der Waals surface area (Å²) in [5.41, 5.74) is 0. The van der Waals surface area contributed by atoms with Crippen LogP contribution in [0.25, 0.3) is 0 Å². The average Bonchev–Trinajstić information content (AvgIpc) is 1.37. The second kappa shape index (κ2) is 2.60. The molecule has 0 aromatic carbocycles. The first kappa shape index (κ1) is 3.60. The van der Waals surface area contributed by atoms with Gasteiger partial charge in [-0.05, 0) is 0 Å². The second-order valence-electron chi connectivity index (χ2n) is 0.482. The van der Waals surface area contributed by atoms with E-state index in [-0.39, 0.29) is 0 Å². The fourth-order valence-electron chi connectivity index (χ4n) is 0. The van der Waals surface area contributed by atoms with Crippen LogP contribution in [0.4, 0.5) is 0 Å². The molecule has 0 saturated heterocycles. The van der Waals surface area contributed by atoms with E-state index in [9.17, 15) is 0 Å². The average molecular weight is 55.9 g/mol. The molecule has 1 N–H and O–H groups in total. The van der Waals surface area contributed by atoms with E-state index < -0.39 is 0 Å².